The van der Waals surface area contributed by atoms with Gasteiger partial charge in [0.2, 0.25) is 5.91 Å². The van der Waals surface area contributed by atoms with Gasteiger partial charge in [-0.25, -0.2) is 9.97 Å². The maximum Gasteiger partial charge on any atom is 0.239 e. The highest BCUT2D eigenvalue weighted by molar-refractivity contribution is 5.83. The molecule has 0 aromatic carbocycles. The minimum Gasteiger partial charge on any atom is -0.353 e. The average molecular weight is 351 g/mol. The van der Waals surface area contributed by atoms with Crippen LogP contribution in [0.15, 0.2) is 24.5 Å². The van der Waals surface area contributed by atoms with Gasteiger partial charge in [-0.3, -0.25) is 14.7 Å². The van der Waals surface area contributed by atoms with Crippen molar-refractivity contribution < 1.29 is 4.79 Å². The second kappa shape index (κ2) is 6.30. The van der Waals surface area contributed by atoms with Crippen molar-refractivity contribution in [2.24, 2.45) is 0 Å². The van der Waals surface area contributed by atoms with E-state index in [9.17, 15) is 4.79 Å². The number of piperazine rings is 2. The molecule has 0 aliphatic carbocycles. The van der Waals surface area contributed by atoms with Gasteiger partial charge in [-0.2, -0.15) is 0 Å². The number of carbonyl (C=O) groups excluding carboxylic acids is 1. The molecule has 3 aliphatic heterocycles. The fourth-order valence-corrected chi connectivity index (χ4v) is 4.01. The summed E-state index contributed by atoms with van der Waals surface area (Å²) in [6.45, 7) is 5.62. The van der Waals surface area contributed by atoms with Gasteiger partial charge in [0.15, 0.2) is 5.82 Å². The average Bonchev–Trinajstić information content (AvgIpc) is 3.17. The number of rotatable bonds is 2. The van der Waals surface area contributed by atoms with Crippen LogP contribution >= 0.6 is 0 Å². The van der Waals surface area contributed by atoms with Crippen LogP contribution in [0, 0.1) is 0 Å². The van der Waals surface area contributed by atoms with Crippen LogP contribution in [0.25, 0.3) is 11.4 Å². The van der Waals surface area contributed by atoms with Crippen LogP contribution in [0.2, 0.25) is 0 Å². The number of hydrogen-bond acceptors (Lipinski definition) is 7. The zero-order chi connectivity index (χ0) is 17.5. The number of aromatic nitrogens is 3. The molecule has 5 rings (SSSR count). The highest BCUT2D eigenvalue weighted by atomic mass is 16.2. The van der Waals surface area contributed by atoms with Crippen molar-refractivity contribution in [1.29, 1.82) is 0 Å². The third kappa shape index (κ3) is 2.62. The van der Waals surface area contributed by atoms with Crippen LogP contribution in [-0.4, -0.2) is 64.5 Å². The summed E-state index contributed by atoms with van der Waals surface area (Å²) in [5.41, 5.74) is 3.11. The quantitative estimate of drug-likeness (QED) is 0.772. The van der Waals surface area contributed by atoms with E-state index >= 15 is 0 Å². The monoisotopic (exact) mass is 351 g/mol. The summed E-state index contributed by atoms with van der Waals surface area (Å²) in [4.78, 5) is 30.6. The first-order chi connectivity index (χ1) is 12.8. The van der Waals surface area contributed by atoms with Crippen LogP contribution in [0.1, 0.15) is 11.3 Å². The van der Waals surface area contributed by atoms with Crippen molar-refractivity contribution in [2.75, 3.05) is 37.6 Å². The van der Waals surface area contributed by atoms with Crippen LogP contribution in [0.5, 0.6) is 0 Å². The predicted molar refractivity (Wildman–Crippen MR) is 96.4 cm³/mol. The molecule has 8 nitrogen and oxygen atoms in total. The van der Waals surface area contributed by atoms with Gasteiger partial charge in [0.25, 0.3) is 0 Å². The maximum absolute atomic E-state index is 12.3. The molecule has 0 radical (unpaired) electrons. The minimum atomic E-state index is -0.0979. The maximum atomic E-state index is 12.3. The number of nitrogens with zero attached hydrogens (tertiary/aromatic N) is 5. The number of hydrogen-bond donors (Lipinski definition) is 2. The lowest BCUT2D eigenvalue weighted by Gasteiger charge is -2.43. The Labute approximate surface area is 151 Å². The molecule has 0 unspecified atom stereocenters. The molecule has 8 heteroatoms. The van der Waals surface area contributed by atoms with Gasteiger partial charge < -0.3 is 15.5 Å². The molecule has 134 valence electrons. The van der Waals surface area contributed by atoms with E-state index in [0.717, 1.165) is 61.9 Å². The standard InChI is InChI=1S/C18H21N7O/c26-18-15-11-25(7-6-24(15)5-4-21-18)17-13-9-20-10-14(13)22-16(23-17)12-2-1-3-19-8-12/h1-3,8,15,20H,4-7,9-11H2,(H,21,26)/t15-/m1/s1. The Morgan fingerprint density at radius 3 is 3.00 bits per heavy atom. The van der Waals surface area contributed by atoms with E-state index in [2.05, 4.69) is 25.4 Å². The molecule has 1 atom stereocenters. The van der Waals surface area contributed by atoms with Gasteiger partial charge in [0.1, 0.15) is 11.9 Å². The molecule has 3 aliphatic rings. The molecule has 2 N–H and O–H groups in total. The summed E-state index contributed by atoms with van der Waals surface area (Å²) in [7, 11) is 0. The van der Waals surface area contributed by atoms with Crippen LogP contribution in [0.3, 0.4) is 0 Å². The largest absolute Gasteiger partial charge is 0.353 e. The molecule has 5 heterocycles. The molecule has 0 bridgehead atoms. The Hall–Kier alpha value is -2.58. The van der Waals surface area contributed by atoms with Crippen LogP contribution < -0.4 is 15.5 Å². The number of fused-ring (bicyclic) bond motifs is 2. The minimum absolute atomic E-state index is 0.0979. The highest BCUT2D eigenvalue weighted by Crippen LogP contribution is 2.29. The van der Waals surface area contributed by atoms with Crippen molar-refractivity contribution in [2.45, 2.75) is 19.1 Å². The van der Waals surface area contributed by atoms with Gasteiger partial charge >= 0.3 is 0 Å². The van der Waals surface area contributed by atoms with Crippen LogP contribution in [0.4, 0.5) is 5.82 Å². The Morgan fingerprint density at radius 2 is 2.12 bits per heavy atom. The summed E-state index contributed by atoms with van der Waals surface area (Å²) < 4.78 is 0. The fraction of sp³-hybridized carbons (Fsp3) is 0.444. The second-order valence-corrected chi connectivity index (χ2v) is 6.93. The highest BCUT2D eigenvalue weighted by Gasteiger charge is 2.36. The van der Waals surface area contributed by atoms with Crippen LogP contribution in [-0.2, 0) is 17.9 Å². The van der Waals surface area contributed by atoms with E-state index in [-0.39, 0.29) is 11.9 Å². The first kappa shape index (κ1) is 15.7. The van der Waals surface area contributed by atoms with E-state index in [0.29, 0.717) is 12.4 Å². The van der Waals surface area contributed by atoms with E-state index in [1.165, 1.54) is 0 Å². The molecule has 2 saturated heterocycles. The predicted octanol–water partition coefficient (Wildman–Crippen LogP) is -0.238. The molecular formula is C18H21N7O. The van der Waals surface area contributed by atoms with Gasteiger partial charge in [-0.1, -0.05) is 0 Å². The molecule has 0 saturated carbocycles. The number of nitrogens with one attached hydrogen (secondary N) is 2. The summed E-state index contributed by atoms with van der Waals surface area (Å²) >= 11 is 0. The number of amides is 1. The topological polar surface area (TPSA) is 86.3 Å². The van der Waals surface area contributed by atoms with E-state index < -0.39 is 0 Å². The third-order valence-electron chi connectivity index (χ3n) is 5.38. The lowest BCUT2D eigenvalue weighted by atomic mass is 10.1. The number of pyridine rings is 1. The molecule has 2 aromatic heterocycles. The van der Waals surface area contributed by atoms with Crippen molar-refractivity contribution >= 4 is 11.7 Å². The zero-order valence-electron chi connectivity index (χ0n) is 14.5. The van der Waals surface area contributed by atoms with Crippen molar-refractivity contribution in [1.82, 2.24) is 30.5 Å². The Kier molecular flexibility index (Phi) is 3.79. The summed E-state index contributed by atoms with van der Waals surface area (Å²) in [6, 6.07) is 3.78. The Balaban J connectivity index is 1.52. The summed E-state index contributed by atoms with van der Waals surface area (Å²) in [6.07, 6.45) is 3.54. The smallest absolute Gasteiger partial charge is 0.239 e. The molecular weight excluding hydrogens is 330 g/mol. The zero-order valence-corrected chi connectivity index (χ0v) is 14.5. The Bertz CT molecular complexity index is 841. The SMILES string of the molecule is O=C1NCCN2CCN(c3nc(-c4cccnc4)nc4c3CNC4)C[C@H]12. The number of carbonyl (C=O) groups is 1. The Morgan fingerprint density at radius 1 is 1.15 bits per heavy atom. The molecule has 1 amide bonds. The van der Waals surface area contributed by atoms with Crippen molar-refractivity contribution in [3.05, 3.63) is 35.8 Å². The van der Waals surface area contributed by atoms with E-state index in [1.807, 2.05) is 12.1 Å². The second-order valence-electron chi connectivity index (χ2n) is 6.93. The molecule has 2 aromatic rings. The molecule has 26 heavy (non-hydrogen) atoms. The van der Waals surface area contributed by atoms with E-state index in [1.54, 1.807) is 12.4 Å². The van der Waals surface area contributed by atoms with E-state index in [4.69, 9.17) is 9.97 Å². The summed E-state index contributed by atoms with van der Waals surface area (Å²) in [5, 5.41) is 6.36. The normalized spacial score (nSPS) is 22.7. The third-order valence-corrected chi connectivity index (χ3v) is 5.38. The van der Waals surface area contributed by atoms with Gasteiger partial charge in [-0.15, -0.1) is 0 Å². The lowest BCUT2D eigenvalue weighted by molar-refractivity contribution is -0.129. The number of anilines is 1. The first-order valence-corrected chi connectivity index (χ1v) is 9.07. The molecule has 2 fully saturated rings. The van der Waals surface area contributed by atoms with Gasteiger partial charge in [0, 0.05) is 69.3 Å². The lowest BCUT2D eigenvalue weighted by Crippen LogP contribution is -2.64. The van der Waals surface area contributed by atoms with Crippen molar-refractivity contribution in [3.63, 3.8) is 0 Å². The fourth-order valence-electron chi connectivity index (χ4n) is 4.01. The van der Waals surface area contributed by atoms with Crippen molar-refractivity contribution in [3.8, 4) is 11.4 Å². The summed E-state index contributed by atoms with van der Waals surface area (Å²) in [5.74, 6) is 1.78. The van der Waals surface area contributed by atoms with Gasteiger partial charge in [-0.05, 0) is 12.1 Å². The molecule has 0 spiro atoms. The van der Waals surface area contributed by atoms with Gasteiger partial charge in [0.05, 0.1) is 5.69 Å². The first-order valence-electron chi connectivity index (χ1n) is 9.07.